The Morgan fingerprint density at radius 2 is 1.86 bits per heavy atom. The number of aryl methyl sites for hydroxylation is 2. The van der Waals surface area contributed by atoms with Crippen LogP contribution in [0.15, 0.2) is 24.3 Å². The first kappa shape index (κ1) is 14.5. The van der Waals surface area contributed by atoms with Crippen LogP contribution >= 0.6 is 0 Å². The molecule has 0 fully saturated rings. The molecule has 4 nitrogen and oxygen atoms in total. The maximum Gasteiger partial charge on any atom is 0.418 e. The normalized spacial score (nSPS) is 12.3. The number of fused-ring (bicyclic) bond motifs is 1. The Bertz CT molecular complexity index is 852. The van der Waals surface area contributed by atoms with E-state index in [9.17, 15) is 13.2 Å². The third-order valence-electron chi connectivity index (χ3n) is 3.98. The summed E-state index contributed by atoms with van der Waals surface area (Å²) < 4.78 is 42.8. The molecule has 7 heteroatoms. The van der Waals surface area contributed by atoms with Gasteiger partial charge in [0, 0.05) is 36.8 Å². The van der Waals surface area contributed by atoms with E-state index < -0.39 is 11.7 Å². The Kier molecular flexibility index (Phi) is 2.98. The van der Waals surface area contributed by atoms with E-state index in [1.54, 1.807) is 37.7 Å². The predicted molar refractivity (Wildman–Crippen MR) is 79.3 cm³/mol. The van der Waals surface area contributed by atoms with Crippen LogP contribution in [0.25, 0.3) is 22.2 Å². The zero-order valence-corrected chi connectivity index (χ0v) is 12.4. The molecular weight excluding hydrogens is 293 g/mol. The Balaban J connectivity index is 2.40. The number of nitrogen functional groups attached to an aromatic ring is 1. The molecule has 22 heavy (non-hydrogen) atoms. The molecule has 2 aromatic heterocycles. The number of aromatic nitrogens is 3. The summed E-state index contributed by atoms with van der Waals surface area (Å²) in [6, 6.07) is 5.86. The average molecular weight is 308 g/mol. The second-order valence-electron chi connectivity index (χ2n) is 5.30. The van der Waals surface area contributed by atoms with Crippen molar-refractivity contribution in [2.45, 2.75) is 13.1 Å². The largest absolute Gasteiger partial charge is 0.418 e. The van der Waals surface area contributed by atoms with Gasteiger partial charge >= 0.3 is 6.18 Å². The fourth-order valence-electron chi connectivity index (χ4n) is 2.79. The maximum atomic E-state index is 13.3. The van der Waals surface area contributed by atoms with Crippen LogP contribution in [0.1, 0.15) is 11.3 Å². The molecule has 0 aliphatic carbocycles. The Morgan fingerprint density at radius 3 is 2.41 bits per heavy atom. The number of benzene rings is 1. The van der Waals surface area contributed by atoms with Gasteiger partial charge in [0.1, 0.15) is 5.82 Å². The third-order valence-corrected chi connectivity index (χ3v) is 3.98. The van der Waals surface area contributed by atoms with E-state index in [1.807, 2.05) is 0 Å². The summed E-state index contributed by atoms with van der Waals surface area (Å²) in [4.78, 5) is 0. The lowest BCUT2D eigenvalue weighted by molar-refractivity contribution is -0.136. The highest BCUT2D eigenvalue weighted by molar-refractivity contribution is 5.99. The van der Waals surface area contributed by atoms with Crippen LogP contribution in [-0.4, -0.2) is 14.3 Å². The molecule has 0 radical (unpaired) electrons. The second kappa shape index (κ2) is 4.53. The number of rotatable bonds is 1. The molecule has 0 saturated heterocycles. The van der Waals surface area contributed by atoms with Crippen molar-refractivity contribution in [3.63, 3.8) is 0 Å². The number of alkyl halides is 3. The molecule has 0 aliphatic heterocycles. The van der Waals surface area contributed by atoms with Crippen LogP contribution in [0.4, 0.5) is 19.0 Å². The van der Waals surface area contributed by atoms with Crippen molar-refractivity contribution in [2.24, 2.45) is 14.1 Å². The molecule has 2 heterocycles. The highest BCUT2D eigenvalue weighted by Gasteiger charge is 2.34. The van der Waals surface area contributed by atoms with E-state index in [2.05, 4.69) is 5.10 Å². The molecule has 2 N–H and O–H groups in total. The summed E-state index contributed by atoms with van der Waals surface area (Å²) >= 11 is 0. The minimum absolute atomic E-state index is 0.159. The zero-order chi connectivity index (χ0) is 16.2. The van der Waals surface area contributed by atoms with Crippen molar-refractivity contribution in [3.8, 4) is 11.3 Å². The van der Waals surface area contributed by atoms with Crippen LogP contribution < -0.4 is 5.73 Å². The first-order valence-corrected chi connectivity index (χ1v) is 6.67. The molecular formula is C15H15F3N4. The lowest BCUT2D eigenvalue weighted by atomic mass is 10.1. The van der Waals surface area contributed by atoms with Crippen molar-refractivity contribution in [1.29, 1.82) is 0 Å². The lowest BCUT2D eigenvalue weighted by Gasteiger charge is -2.10. The van der Waals surface area contributed by atoms with Gasteiger partial charge in [-0.1, -0.05) is 12.1 Å². The molecule has 3 aromatic rings. The number of hydrogen-bond acceptors (Lipinski definition) is 2. The fraction of sp³-hybridized carbons (Fsp3) is 0.267. The van der Waals surface area contributed by atoms with Gasteiger partial charge in [-0.15, -0.1) is 0 Å². The monoisotopic (exact) mass is 308 g/mol. The number of para-hydroxylation sites is 1. The van der Waals surface area contributed by atoms with Gasteiger partial charge in [-0.05, 0) is 13.0 Å². The van der Waals surface area contributed by atoms with Crippen molar-refractivity contribution >= 4 is 16.7 Å². The number of anilines is 1. The standard InChI is InChI=1S/C15H15F3N4/c1-8-13(11-7-12(19)22(3)20-11)9-5-4-6-10(15(16,17)18)14(9)21(8)2/h4-7H,19H2,1-3H3. The van der Waals surface area contributed by atoms with Crippen LogP contribution in [0.5, 0.6) is 0 Å². The molecule has 0 bridgehead atoms. The van der Waals surface area contributed by atoms with Gasteiger partial charge in [0.2, 0.25) is 0 Å². The van der Waals surface area contributed by atoms with Crippen LogP contribution in [0.3, 0.4) is 0 Å². The van der Waals surface area contributed by atoms with Gasteiger partial charge in [0.25, 0.3) is 0 Å². The van der Waals surface area contributed by atoms with Gasteiger partial charge in [0.05, 0.1) is 16.8 Å². The number of hydrogen-bond donors (Lipinski definition) is 1. The van der Waals surface area contributed by atoms with E-state index in [-0.39, 0.29) is 5.52 Å². The van der Waals surface area contributed by atoms with E-state index in [4.69, 9.17) is 5.73 Å². The summed E-state index contributed by atoms with van der Waals surface area (Å²) in [6.07, 6.45) is -4.40. The smallest absolute Gasteiger partial charge is 0.384 e. The minimum atomic E-state index is -4.40. The third kappa shape index (κ3) is 1.96. The first-order valence-electron chi connectivity index (χ1n) is 6.67. The molecule has 0 saturated carbocycles. The Morgan fingerprint density at radius 1 is 1.18 bits per heavy atom. The lowest BCUT2D eigenvalue weighted by Crippen LogP contribution is -2.07. The Labute approximate surface area is 124 Å². The summed E-state index contributed by atoms with van der Waals surface area (Å²) in [5.41, 5.74) is 7.26. The molecule has 3 rings (SSSR count). The van der Waals surface area contributed by atoms with Crippen LogP contribution in [0, 0.1) is 6.92 Å². The van der Waals surface area contributed by atoms with Gasteiger partial charge < -0.3 is 10.3 Å². The number of nitrogens with two attached hydrogens (primary N) is 1. The highest BCUT2D eigenvalue weighted by atomic mass is 19.4. The topological polar surface area (TPSA) is 48.8 Å². The Hall–Kier alpha value is -2.44. The summed E-state index contributed by atoms with van der Waals surface area (Å²) in [6.45, 7) is 1.78. The van der Waals surface area contributed by atoms with E-state index in [1.165, 1.54) is 10.7 Å². The molecule has 116 valence electrons. The quantitative estimate of drug-likeness (QED) is 0.748. The maximum absolute atomic E-state index is 13.3. The first-order chi connectivity index (χ1) is 10.2. The van der Waals surface area contributed by atoms with Crippen LogP contribution in [-0.2, 0) is 20.3 Å². The van der Waals surface area contributed by atoms with Crippen molar-refractivity contribution in [1.82, 2.24) is 14.3 Å². The zero-order valence-electron chi connectivity index (χ0n) is 12.4. The molecule has 1 aromatic carbocycles. The van der Waals surface area contributed by atoms with Gasteiger partial charge in [-0.2, -0.15) is 18.3 Å². The van der Waals surface area contributed by atoms with E-state index in [0.717, 1.165) is 6.07 Å². The van der Waals surface area contributed by atoms with E-state index in [0.29, 0.717) is 28.2 Å². The predicted octanol–water partition coefficient (Wildman–Crippen LogP) is 3.49. The molecule has 0 atom stereocenters. The van der Waals surface area contributed by atoms with Gasteiger partial charge in [-0.3, -0.25) is 4.68 Å². The molecule has 0 spiro atoms. The van der Waals surface area contributed by atoms with Gasteiger partial charge in [0.15, 0.2) is 0 Å². The highest BCUT2D eigenvalue weighted by Crippen LogP contribution is 2.40. The SMILES string of the molecule is Cc1c(-c2cc(N)n(C)n2)c2cccc(C(F)(F)F)c2n1C. The minimum Gasteiger partial charge on any atom is -0.384 e. The average Bonchev–Trinajstić information content (AvgIpc) is 2.88. The second-order valence-corrected chi connectivity index (χ2v) is 5.30. The van der Waals surface area contributed by atoms with Crippen molar-refractivity contribution in [2.75, 3.05) is 5.73 Å². The number of nitrogens with zero attached hydrogens (tertiary/aromatic N) is 3. The number of halogens is 3. The summed E-state index contributed by atoms with van der Waals surface area (Å²) in [5.74, 6) is 0.457. The molecule has 0 amide bonds. The fourth-order valence-corrected chi connectivity index (χ4v) is 2.79. The van der Waals surface area contributed by atoms with Crippen LogP contribution in [0.2, 0.25) is 0 Å². The van der Waals surface area contributed by atoms with Crippen molar-refractivity contribution in [3.05, 3.63) is 35.5 Å². The van der Waals surface area contributed by atoms with Crippen molar-refractivity contribution < 1.29 is 13.2 Å². The summed E-state index contributed by atoms with van der Waals surface area (Å²) in [7, 11) is 3.32. The van der Waals surface area contributed by atoms with Gasteiger partial charge in [-0.25, -0.2) is 0 Å². The summed E-state index contributed by atoms with van der Waals surface area (Å²) in [5, 5.41) is 4.81. The molecule has 0 unspecified atom stereocenters. The molecule has 0 aliphatic rings. The van der Waals surface area contributed by atoms with E-state index >= 15 is 0 Å².